The number of benzene rings is 2. The molecule has 1 N–H and O–H groups in total. The summed E-state index contributed by atoms with van der Waals surface area (Å²) in [6.45, 7) is 3.71. The standard InChI is InChI=1S/C26H31FN2O2/c1-19-5-2-3-7-23(19)21-6-4-16-29(18-21)25(31)13-15-26(14-12-24(30)28-26)17-20-8-10-22(27)11-9-20/h2-3,5,7-11,21H,4,6,12-18H2,1H3,(H,28,30)/t21-,26+/m1/s1. The smallest absolute Gasteiger partial charge is 0.222 e. The number of aryl methyl sites for hydroxylation is 1. The van der Waals surface area contributed by atoms with Crippen molar-refractivity contribution in [1.29, 1.82) is 0 Å². The number of carbonyl (C=O) groups excluding carboxylic acids is 2. The van der Waals surface area contributed by atoms with Gasteiger partial charge in [-0.05, 0) is 67.9 Å². The Morgan fingerprint density at radius 1 is 1.19 bits per heavy atom. The van der Waals surface area contributed by atoms with Gasteiger partial charge in [-0.15, -0.1) is 0 Å². The molecule has 0 aliphatic carbocycles. The summed E-state index contributed by atoms with van der Waals surface area (Å²) in [6.07, 6.45) is 4.97. The highest BCUT2D eigenvalue weighted by molar-refractivity contribution is 5.80. The number of carbonyl (C=O) groups is 2. The lowest BCUT2D eigenvalue weighted by Crippen LogP contribution is -2.45. The van der Waals surface area contributed by atoms with Crippen LogP contribution in [-0.4, -0.2) is 35.3 Å². The van der Waals surface area contributed by atoms with Crippen LogP contribution in [0.4, 0.5) is 4.39 Å². The Balaban J connectivity index is 1.40. The van der Waals surface area contributed by atoms with E-state index in [9.17, 15) is 14.0 Å². The van der Waals surface area contributed by atoms with Gasteiger partial charge in [-0.25, -0.2) is 4.39 Å². The van der Waals surface area contributed by atoms with Gasteiger partial charge in [0.25, 0.3) is 0 Å². The van der Waals surface area contributed by atoms with E-state index in [1.165, 1.54) is 23.3 Å². The van der Waals surface area contributed by atoms with Crippen molar-refractivity contribution in [3.8, 4) is 0 Å². The van der Waals surface area contributed by atoms with Gasteiger partial charge in [0, 0.05) is 37.4 Å². The van der Waals surface area contributed by atoms with Crippen LogP contribution in [0.2, 0.25) is 0 Å². The molecule has 0 radical (unpaired) electrons. The Bertz CT molecular complexity index is 943. The number of nitrogens with one attached hydrogen (secondary N) is 1. The second kappa shape index (κ2) is 9.21. The molecule has 2 amide bonds. The highest BCUT2D eigenvalue weighted by Gasteiger charge is 2.38. The van der Waals surface area contributed by atoms with Crippen LogP contribution in [0.15, 0.2) is 48.5 Å². The van der Waals surface area contributed by atoms with E-state index < -0.39 is 5.54 Å². The van der Waals surface area contributed by atoms with E-state index in [0.29, 0.717) is 38.0 Å². The number of halogens is 1. The van der Waals surface area contributed by atoms with E-state index >= 15 is 0 Å². The van der Waals surface area contributed by atoms with Crippen LogP contribution in [-0.2, 0) is 16.0 Å². The fourth-order valence-corrected chi connectivity index (χ4v) is 5.18. The summed E-state index contributed by atoms with van der Waals surface area (Å²) >= 11 is 0. The molecule has 0 bridgehead atoms. The molecule has 2 aromatic rings. The highest BCUT2D eigenvalue weighted by Crippen LogP contribution is 2.32. The highest BCUT2D eigenvalue weighted by atomic mass is 19.1. The normalized spacial score (nSPS) is 23.6. The second-order valence-corrected chi connectivity index (χ2v) is 9.17. The molecule has 2 heterocycles. The SMILES string of the molecule is Cc1ccccc1[C@@H]1CCCN(C(=O)CC[C@]2(Cc3ccc(F)cc3)CCC(=O)N2)C1. The van der Waals surface area contributed by atoms with E-state index in [4.69, 9.17) is 0 Å². The van der Waals surface area contributed by atoms with Crippen LogP contribution in [0.25, 0.3) is 0 Å². The van der Waals surface area contributed by atoms with Crippen LogP contribution in [0.3, 0.4) is 0 Å². The lowest BCUT2D eigenvalue weighted by molar-refractivity contribution is -0.133. The first-order chi connectivity index (χ1) is 14.9. The molecule has 0 saturated carbocycles. The lowest BCUT2D eigenvalue weighted by Gasteiger charge is -2.35. The fourth-order valence-electron chi connectivity index (χ4n) is 5.18. The maximum atomic E-state index is 13.3. The van der Waals surface area contributed by atoms with Crippen LogP contribution in [0.1, 0.15) is 61.1 Å². The molecular formula is C26H31FN2O2. The van der Waals surface area contributed by atoms with Gasteiger partial charge in [-0.1, -0.05) is 36.4 Å². The molecule has 31 heavy (non-hydrogen) atoms. The molecule has 0 aromatic heterocycles. The van der Waals surface area contributed by atoms with E-state index in [2.05, 4.69) is 36.5 Å². The van der Waals surface area contributed by atoms with E-state index in [1.54, 1.807) is 12.1 Å². The molecule has 5 heteroatoms. The van der Waals surface area contributed by atoms with Gasteiger partial charge in [-0.2, -0.15) is 0 Å². The Morgan fingerprint density at radius 3 is 2.68 bits per heavy atom. The summed E-state index contributed by atoms with van der Waals surface area (Å²) < 4.78 is 13.3. The third-order valence-corrected chi connectivity index (χ3v) is 6.91. The second-order valence-electron chi connectivity index (χ2n) is 9.17. The van der Waals surface area contributed by atoms with Crippen molar-refractivity contribution in [3.63, 3.8) is 0 Å². The minimum absolute atomic E-state index is 0.0344. The molecule has 2 aliphatic heterocycles. The van der Waals surface area contributed by atoms with Crippen LogP contribution < -0.4 is 5.32 Å². The van der Waals surface area contributed by atoms with Gasteiger partial charge in [0.1, 0.15) is 5.82 Å². The van der Waals surface area contributed by atoms with Gasteiger partial charge in [0.05, 0.1) is 0 Å². The first-order valence-corrected chi connectivity index (χ1v) is 11.3. The lowest BCUT2D eigenvalue weighted by atomic mass is 9.84. The largest absolute Gasteiger partial charge is 0.350 e. The van der Waals surface area contributed by atoms with E-state index in [0.717, 1.165) is 31.5 Å². The molecule has 164 valence electrons. The summed E-state index contributed by atoms with van der Waals surface area (Å²) in [5.74, 6) is 0.320. The molecular weight excluding hydrogens is 391 g/mol. The minimum Gasteiger partial charge on any atom is -0.350 e. The molecule has 4 rings (SSSR count). The van der Waals surface area contributed by atoms with E-state index in [1.807, 2.05) is 4.90 Å². The summed E-state index contributed by atoms with van der Waals surface area (Å²) in [5.41, 5.74) is 3.19. The van der Waals surface area contributed by atoms with Gasteiger partial charge in [0.15, 0.2) is 0 Å². The van der Waals surface area contributed by atoms with Crippen LogP contribution in [0, 0.1) is 12.7 Å². The molecule has 2 atom stereocenters. The topological polar surface area (TPSA) is 49.4 Å². The van der Waals surface area contributed by atoms with Crippen molar-refractivity contribution in [2.24, 2.45) is 0 Å². The number of hydrogen-bond acceptors (Lipinski definition) is 2. The molecule has 0 spiro atoms. The first-order valence-electron chi connectivity index (χ1n) is 11.3. The molecule has 4 nitrogen and oxygen atoms in total. The van der Waals surface area contributed by atoms with E-state index in [-0.39, 0.29) is 17.6 Å². The zero-order valence-electron chi connectivity index (χ0n) is 18.2. The number of likely N-dealkylation sites (tertiary alicyclic amines) is 1. The average molecular weight is 423 g/mol. The fraction of sp³-hybridized carbons (Fsp3) is 0.462. The zero-order valence-corrected chi connectivity index (χ0v) is 18.2. The Labute approximate surface area is 183 Å². The average Bonchev–Trinajstić information content (AvgIpc) is 3.14. The number of piperidine rings is 1. The number of hydrogen-bond donors (Lipinski definition) is 1. The van der Waals surface area contributed by atoms with Gasteiger partial charge < -0.3 is 10.2 Å². The predicted molar refractivity (Wildman–Crippen MR) is 119 cm³/mol. The molecule has 2 aromatic carbocycles. The van der Waals surface area contributed by atoms with Crippen molar-refractivity contribution in [3.05, 3.63) is 71.0 Å². The summed E-state index contributed by atoms with van der Waals surface area (Å²) in [6, 6.07) is 14.9. The molecule has 0 unspecified atom stereocenters. The molecule has 2 saturated heterocycles. The van der Waals surface area contributed by atoms with Crippen molar-refractivity contribution >= 4 is 11.8 Å². The third-order valence-electron chi connectivity index (χ3n) is 6.91. The predicted octanol–water partition coefficient (Wildman–Crippen LogP) is 4.51. The van der Waals surface area contributed by atoms with Crippen LogP contribution >= 0.6 is 0 Å². The first kappa shape index (κ1) is 21.5. The monoisotopic (exact) mass is 422 g/mol. The van der Waals surface area contributed by atoms with Gasteiger partial charge >= 0.3 is 0 Å². The number of nitrogens with zero attached hydrogens (tertiary/aromatic N) is 1. The molecule has 2 fully saturated rings. The maximum absolute atomic E-state index is 13.3. The Kier molecular flexibility index (Phi) is 6.40. The molecule has 2 aliphatic rings. The number of amides is 2. The maximum Gasteiger partial charge on any atom is 0.222 e. The van der Waals surface area contributed by atoms with Crippen molar-refractivity contribution in [2.75, 3.05) is 13.1 Å². The van der Waals surface area contributed by atoms with Crippen molar-refractivity contribution < 1.29 is 14.0 Å². The zero-order chi connectivity index (χ0) is 21.8. The van der Waals surface area contributed by atoms with Gasteiger partial charge in [-0.3, -0.25) is 9.59 Å². The number of rotatable bonds is 6. The Morgan fingerprint density at radius 2 is 1.97 bits per heavy atom. The van der Waals surface area contributed by atoms with Crippen molar-refractivity contribution in [1.82, 2.24) is 10.2 Å². The minimum atomic E-state index is -0.421. The Hall–Kier alpha value is -2.69. The van der Waals surface area contributed by atoms with Crippen LogP contribution in [0.5, 0.6) is 0 Å². The summed E-state index contributed by atoms with van der Waals surface area (Å²) in [5, 5.41) is 3.13. The quantitative estimate of drug-likeness (QED) is 0.745. The van der Waals surface area contributed by atoms with Crippen molar-refractivity contribution in [2.45, 2.75) is 63.3 Å². The van der Waals surface area contributed by atoms with Gasteiger partial charge in [0.2, 0.25) is 11.8 Å². The third kappa shape index (κ3) is 5.15. The summed E-state index contributed by atoms with van der Waals surface area (Å²) in [4.78, 5) is 27.1. The summed E-state index contributed by atoms with van der Waals surface area (Å²) in [7, 11) is 0.